The molecule has 2 atom stereocenters. The Labute approximate surface area is 98.0 Å². The Morgan fingerprint density at radius 2 is 2.19 bits per heavy atom. The van der Waals surface area contributed by atoms with E-state index in [0.29, 0.717) is 17.9 Å². The second-order valence-corrected chi connectivity index (χ2v) is 5.32. The number of piperazine rings is 1. The summed E-state index contributed by atoms with van der Waals surface area (Å²) < 4.78 is 0. The van der Waals surface area contributed by atoms with Crippen LogP contribution in [0.1, 0.15) is 19.8 Å². The fraction of sp³-hybridized carbons (Fsp3) is 0.917. The van der Waals surface area contributed by atoms with E-state index in [1.165, 1.54) is 6.42 Å². The molecule has 0 saturated carbocycles. The van der Waals surface area contributed by atoms with E-state index in [0.717, 1.165) is 39.1 Å². The van der Waals surface area contributed by atoms with E-state index in [1.807, 2.05) is 4.90 Å². The van der Waals surface area contributed by atoms with E-state index in [-0.39, 0.29) is 0 Å². The minimum Gasteiger partial charge on any atom is -0.340 e. The summed E-state index contributed by atoms with van der Waals surface area (Å²) in [6, 6.07) is 0.448. The minimum absolute atomic E-state index is 0.355. The second-order valence-electron chi connectivity index (χ2n) is 5.32. The van der Waals surface area contributed by atoms with Gasteiger partial charge >= 0.3 is 0 Å². The molecule has 0 aliphatic carbocycles. The monoisotopic (exact) mass is 225 g/mol. The standard InChI is InChI=1S/C12H23N3O/c1-10-8-15(6-4-13-10)12(16)7-11-3-5-14(2)9-11/h10-11,13H,3-9H2,1-2H3. The molecule has 0 aromatic heterocycles. The Balaban J connectivity index is 1.78. The first-order chi connectivity index (χ1) is 7.65. The summed E-state index contributed by atoms with van der Waals surface area (Å²) >= 11 is 0. The molecule has 0 bridgehead atoms. The van der Waals surface area contributed by atoms with Crippen molar-refractivity contribution in [2.75, 3.05) is 39.8 Å². The summed E-state index contributed by atoms with van der Waals surface area (Å²) in [4.78, 5) is 16.4. The van der Waals surface area contributed by atoms with Gasteiger partial charge in [0.05, 0.1) is 0 Å². The first-order valence-corrected chi connectivity index (χ1v) is 6.35. The molecule has 4 nitrogen and oxygen atoms in total. The Kier molecular flexibility index (Phi) is 3.82. The Morgan fingerprint density at radius 3 is 2.81 bits per heavy atom. The molecule has 1 N–H and O–H groups in total. The Hall–Kier alpha value is -0.610. The van der Waals surface area contributed by atoms with Crippen molar-refractivity contribution in [1.82, 2.24) is 15.1 Å². The van der Waals surface area contributed by atoms with E-state index in [9.17, 15) is 4.79 Å². The van der Waals surface area contributed by atoms with Crippen molar-refractivity contribution in [3.05, 3.63) is 0 Å². The number of carbonyl (C=O) groups excluding carboxylic acids is 1. The van der Waals surface area contributed by atoms with Crippen molar-refractivity contribution in [1.29, 1.82) is 0 Å². The molecular formula is C12H23N3O. The smallest absolute Gasteiger partial charge is 0.222 e. The van der Waals surface area contributed by atoms with Crippen LogP contribution in [0.3, 0.4) is 0 Å². The first kappa shape index (κ1) is 11.9. The van der Waals surface area contributed by atoms with Crippen LogP contribution < -0.4 is 5.32 Å². The van der Waals surface area contributed by atoms with Gasteiger partial charge in [-0.3, -0.25) is 4.79 Å². The number of likely N-dealkylation sites (tertiary alicyclic amines) is 1. The largest absolute Gasteiger partial charge is 0.340 e. The predicted octanol–water partition coefficient (Wildman–Crippen LogP) is 0.149. The van der Waals surface area contributed by atoms with Crippen LogP contribution in [0.5, 0.6) is 0 Å². The minimum atomic E-state index is 0.355. The zero-order chi connectivity index (χ0) is 11.5. The highest BCUT2D eigenvalue weighted by molar-refractivity contribution is 5.76. The van der Waals surface area contributed by atoms with E-state index in [2.05, 4.69) is 24.2 Å². The van der Waals surface area contributed by atoms with Gasteiger partial charge in [-0.2, -0.15) is 0 Å². The fourth-order valence-corrected chi connectivity index (χ4v) is 2.73. The van der Waals surface area contributed by atoms with Crippen LogP contribution in [0.15, 0.2) is 0 Å². The third-order valence-electron chi connectivity index (χ3n) is 3.67. The van der Waals surface area contributed by atoms with Crippen LogP contribution >= 0.6 is 0 Å². The number of hydrogen-bond donors (Lipinski definition) is 1. The average molecular weight is 225 g/mol. The van der Waals surface area contributed by atoms with Crippen molar-refractivity contribution in [2.24, 2.45) is 5.92 Å². The van der Waals surface area contributed by atoms with Crippen LogP contribution in [-0.4, -0.2) is 61.5 Å². The summed E-state index contributed by atoms with van der Waals surface area (Å²) in [5, 5.41) is 3.37. The van der Waals surface area contributed by atoms with Gasteiger partial charge in [-0.15, -0.1) is 0 Å². The average Bonchev–Trinajstić information content (AvgIpc) is 2.64. The molecule has 2 fully saturated rings. The van der Waals surface area contributed by atoms with Gasteiger partial charge in [0.2, 0.25) is 5.91 Å². The summed E-state index contributed by atoms with van der Waals surface area (Å²) in [5.74, 6) is 0.941. The summed E-state index contributed by atoms with van der Waals surface area (Å²) in [6.07, 6.45) is 1.93. The van der Waals surface area contributed by atoms with E-state index >= 15 is 0 Å². The number of rotatable bonds is 2. The normalized spacial score (nSPS) is 32.0. The number of nitrogens with zero attached hydrogens (tertiary/aromatic N) is 2. The molecule has 0 aromatic rings. The summed E-state index contributed by atoms with van der Waals surface area (Å²) in [7, 11) is 2.14. The molecule has 2 saturated heterocycles. The molecule has 2 rings (SSSR count). The van der Waals surface area contributed by atoms with Crippen LogP contribution in [-0.2, 0) is 4.79 Å². The summed E-state index contributed by atoms with van der Waals surface area (Å²) in [6.45, 7) is 7.08. The van der Waals surface area contributed by atoms with Gasteiger partial charge in [-0.1, -0.05) is 0 Å². The summed E-state index contributed by atoms with van der Waals surface area (Å²) in [5.41, 5.74) is 0. The van der Waals surface area contributed by atoms with E-state index in [1.54, 1.807) is 0 Å². The molecule has 2 aliphatic rings. The molecular weight excluding hydrogens is 202 g/mol. The van der Waals surface area contributed by atoms with Crippen molar-refractivity contribution >= 4 is 5.91 Å². The molecule has 0 aromatic carbocycles. The van der Waals surface area contributed by atoms with Crippen LogP contribution in [0.25, 0.3) is 0 Å². The number of carbonyl (C=O) groups is 1. The lowest BCUT2D eigenvalue weighted by Crippen LogP contribution is -2.51. The zero-order valence-corrected chi connectivity index (χ0v) is 10.4. The third kappa shape index (κ3) is 2.95. The highest BCUT2D eigenvalue weighted by atomic mass is 16.2. The first-order valence-electron chi connectivity index (χ1n) is 6.35. The molecule has 0 radical (unpaired) electrons. The molecule has 2 aliphatic heterocycles. The van der Waals surface area contributed by atoms with Crippen LogP contribution in [0.4, 0.5) is 0 Å². The molecule has 4 heteroatoms. The van der Waals surface area contributed by atoms with E-state index < -0.39 is 0 Å². The van der Waals surface area contributed by atoms with Crippen molar-refractivity contribution in [3.8, 4) is 0 Å². The highest BCUT2D eigenvalue weighted by Crippen LogP contribution is 2.19. The Bertz CT molecular complexity index is 257. The predicted molar refractivity (Wildman–Crippen MR) is 64.3 cm³/mol. The van der Waals surface area contributed by atoms with E-state index in [4.69, 9.17) is 0 Å². The quantitative estimate of drug-likeness (QED) is 0.726. The highest BCUT2D eigenvalue weighted by Gasteiger charge is 2.26. The zero-order valence-electron chi connectivity index (χ0n) is 10.4. The molecule has 92 valence electrons. The number of nitrogens with one attached hydrogen (secondary N) is 1. The lowest BCUT2D eigenvalue weighted by molar-refractivity contribution is -0.133. The third-order valence-corrected chi connectivity index (χ3v) is 3.67. The van der Waals surface area contributed by atoms with Gasteiger partial charge in [0.15, 0.2) is 0 Å². The SMILES string of the molecule is CC1CN(C(=O)CC2CCN(C)C2)CCN1. The Morgan fingerprint density at radius 1 is 1.38 bits per heavy atom. The second kappa shape index (κ2) is 5.15. The lowest BCUT2D eigenvalue weighted by Gasteiger charge is -2.32. The van der Waals surface area contributed by atoms with Gasteiger partial charge in [-0.05, 0) is 32.9 Å². The lowest BCUT2D eigenvalue weighted by atomic mass is 10.0. The van der Waals surface area contributed by atoms with Crippen molar-refractivity contribution in [2.45, 2.75) is 25.8 Å². The number of hydrogen-bond acceptors (Lipinski definition) is 3. The maximum atomic E-state index is 12.1. The van der Waals surface area contributed by atoms with Gasteiger partial charge in [0.25, 0.3) is 0 Å². The van der Waals surface area contributed by atoms with Crippen LogP contribution in [0, 0.1) is 5.92 Å². The topological polar surface area (TPSA) is 35.6 Å². The van der Waals surface area contributed by atoms with Crippen molar-refractivity contribution in [3.63, 3.8) is 0 Å². The molecule has 16 heavy (non-hydrogen) atoms. The molecule has 2 heterocycles. The van der Waals surface area contributed by atoms with Crippen molar-refractivity contribution < 1.29 is 4.79 Å². The van der Waals surface area contributed by atoms with Gasteiger partial charge in [0, 0.05) is 38.6 Å². The molecule has 2 unspecified atom stereocenters. The number of amides is 1. The van der Waals surface area contributed by atoms with Gasteiger partial charge in [0.1, 0.15) is 0 Å². The fourth-order valence-electron chi connectivity index (χ4n) is 2.73. The maximum Gasteiger partial charge on any atom is 0.222 e. The van der Waals surface area contributed by atoms with Gasteiger partial charge in [-0.25, -0.2) is 0 Å². The maximum absolute atomic E-state index is 12.1. The molecule has 1 amide bonds. The van der Waals surface area contributed by atoms with Crippen LogP contribution in [0.2, 0.25) is 0 Å². The molecule has 0 spiro atoms. The van der Waals surface area contributed by atoms with Gasteiger partial charge < -0.3 is 15.1 Å².